The lowest BCUT2D eigenvalue weighted by atomic mass is 9.89. The van der Waals surface area contributed by atoms with E-state index < -0.39 is 0 Å². The molecule has 0 spiro atoms. The third-order valence-electron chi connectivity index (χ3n) is 5.65. The molecule has 1 aliphatic rings. The predicted octanol–water partition coefficient (Wildman–Crippen LogP) is 4.87. The summed E-state index contributed by atoms with van der Waals surface area (Å²) in [6.45, 7) is 2.09. The van der Waals surface area contributed by atoms with Crippen LogP contribution in [0.1, 0.15) is 54.5 Å². The number of carbonyl (C=O) groups excluding carboxylic acids is 1. The summed E-state index contributed by atoms with van der Waals surface area (Å²) in [5.74, 6) is 1.47. The monoisotopic (exact) mass is 409 g/mol. The van der Waals surface area contributed by atoms with Crippen molar-refractivity contribution in [3.05, 3.63) is 58.7 Å². The molecule has 30 heavy (non-hydrogen) atoms. The van der Waals surface area contributed by atoms with E-state index in [0.717, 1.165) is 24.8 Å². The van der Waals surface area contributed by atoms with Crippen LogP contribution < -0.4 is 19.5 Å². The highest BCUT2D eigenvalue weighted by Gasteiger charge is 2.17. The van der Waals surface area contributed by atoms with Gasteiger partial charge >= 0.3 is 0 Å². The van der Waals surface area contributed by atoms with Crippen LogP contribution in [-0.2, 0) is 17.6 Å². The van der Waals surface area contributed by atoms with Gasteiger partial charge in [-0.25, -0.2) is 0 Å². The van der Waals surface area contributed by atoms with Crippen LogP contribution in [0, 0.1) is 0 Å². The molecule has 160 valence electrons. The summed E-state index contributed by atoms with van der Waals surface area (Å²) in [6.07, 6.45) is 8.90. The van der Waals surface area contributed by atoms with Crippen LogP contribution in [0.2, 0.25) is 0 Å². The summed E-state index contributed by atoms with van der Waals surface area (Å²) in [6, 6.07) is 10.3. The lowest BCUT2D eigenvalue weighted by Gasteiger charge is -2.21. The van der Waals surface area contributed by atoms with Crippen molar-refractivity contribution in [3.63, 3.8) is 0 Å². The Morgan fingerprint density at radius 2 is 1.73 bits per heavy atom. The van der Waals surface area contributed by atoms with Crippen molar-refractivity contribution in [1.82, 2.24) is 5.32 Å². The third kappa shape index (κ3) is 4.78. The number of carbonyl (C=O) groups is 1. The van der Waals surface area contributed by atoms with Crippen LogP contribution in [0.25, 0.3) is 6.08 Å². The first-order chi connectivity index (χ1) is 14.6. The van der Waals surface area contributed by atoms with Crippen molar-refractivity contribution in [3.8, 4) is 17.2 Å². The highest BCUT2D eigenvalue weighted by Crippen LogP contribution is 2.40. The maximum Gasteiger partial charge on any atom is 0.244 e. The number of hydrogen-bond donors (Lipinski definition) is 1. The van der Waals surface area contributed by atoms with Crippen molar-refractivity contribution in [2.24, 2.45) is 0 Å². The van der Waals surface area contributed by atoms with E-state index >= 15 is 0 Å². The first-order valence-corrected chi connectivity index (χ1v) is 10.5. The largest absolute Gasteiger partial charge is 0.493 e. The van der Waals surface area contributed by atoms with E-state index in [9.17, 15) is 4.79 Å². The molecule has 0 aromatic heterocycles. The molecule has 0 fully saturated rings. The molecule has 0 saturated heterocycles. The van der Waals surface area contributed by atoms with E-state index in [1.807, 2.05) is 6.07 Å². The number of nitrogens with one attached hydrogen (secondary N) is 1. The van der Waals surface area contributed by atoms with Gasteiger partial charge in [-0.1, -0.05) is 25.1 Å². The number of aryl methyl sites for hydroxylation is 2. The molecule has 2 aromatic rings. The Kier molecular flexibility index (Phi) is 7.39. The fraction of sp³-hybridized carbons (Fsp3) is 0.400. The smallest absolute Gasteiger partial charge is 0.244 e. The van der Waals surface area contributed by atoms with Crippen LogP contribution in [-0.4, -0.2) is 27.2 Å². The van der Waals surface area contributed by atoms with Gasteiger partial charge < -0.3 is 19.5 Å². The molecule has 1 atom stereocenters. The zero-order valence-electron chi connectivity index (χ0n) is 18.3. The Hall–Kier alpha value is -2.95. The highest BCUT2D eigenvalue weighted by atomic mass is 16.5. The molecule has 0 radical (unpaired) electrons. The summed E-state index contributed by atoms with van der Waals surface area (Å²) in [5.41, 5.74) is 4.79. The standard InChI is InChI=1S/C25H31NO4/c1-5-21(20-11-10-17-8-6-7-9-19(17)16-20)26-23(27)15-13-18-12-14-22(28-2)25(30-4)24(18)29-3/h10-16,21H,5-9H2,1-4H3,(H,26,27)/b15-13+. The summed E-state index contributed by atoms with van der Waals surface area (Å²) < 4.78 is 16.2. The van der Waals surface area contributed by atoms with Crippen LogP contribution in [0.4, 0.5) is 0 Å². The second-order valence-electron chi connectivity index (χ2n) is 7.46. The zero-order chi connectivity index (χ0) is 21.5. The van der Waals surface area contributed by atoms with E-state index in [-0.39, 0.29) is 11.9 Å². The Morgan fingerprint density at radius 3 is 2.40 bits per heavy atom. The Labute approximate surface area is 179 Å². The number of rotatable bonds is 8. The molecule has 0 aliphatic heterocycles. The van der Waals surface area contributed by atoms with E-state index in [0.29, 0.717) is 17.2 Å². The molecular weight excluding hydrogens is 378 g/mol. The molecule has 5 nitrogen and oxygen atoms in total. The average Bonchev–Trinajstić information content (AvgIpc) is 2.79. The topological polar surface area (TPSA) is 56.8 Å². The van der Waals surface area contributed by atoms with Gasteiger partial charge in [-0.3, -0.25) is 4.79 Å². The normalized spacial score (nSPS) is 14.1. The Bertz CT molecular complexity index is 920. The van der Waals surface area contributed by atoms with Crippen molar-refractivity contribution in [2.75, 3.05) is 21.3 Å². The summed E-state index contributed by atoms with van der Waals surface area (Å²) in [5, 5.41) is 3.13. The Balaban J connectivity index is 1.75. The average molecular weight is 410 g/mol. The third-order valence-corrected chi connectivity index (χ3v) is 5.65. The minimum atomic E-state index is -0.142. The molecule has 0 saturated carbocycles. The molecule has 0 bridgehead atoms. The number of fused-ring (bicyclic) bond motifs is 1. The predicted molar refractivity (Wildman–Crippen MR) is 119 cm³/mol. The fourth-order valence-corrected chi connectivity index (χ4v) is 4.03. The van der Waals surface area contributed by atoms with Crippen molar-refractivity contribution >= 4 is 12.0 Å². The van der Waals surface area contributed by atoms with Gasteiger partial charge in [0.2, 0.25) is 11.7 Å². The number of hydrogen-bond acceptors (Lipinski definition) is 4. The van der Waals surface area contributed by atoms with E-state index in [2.05, 4.69) is 30.4 Å². The van der Waals surface area contributed by atoms with Gasteiger partial charge in [0.05, 0.1) is 27.4 Å². The molecule has 3 rings (SSSR count). The lowest BCUT2D eigenvalue weighted by molar-refractivity contribution is -0.117. The molecule has 0 heterocycles. The maximum atomic E-state index is 12.6. The molecular formula is C25H31NO4. The van der Waals surface area contributed by atoms with Crippen LogP contribution in [0.3, 0.4) is 0 Å². The minimum absolute atomic E-state index is 0.0123. The number of amides is 1. The van der Waals surface area contributed by atoms with Crippen molar-refractivity contribution in [1.29, 1.82) is 0 Å². The number of benzene rings is 2. The zero-order valence-corrected chi connectivity index (χ0v) is 18.3. The van der Waals surface area contributed by atoms with Gasteiger partial charge in [0, 0.05) is 11.6 Å². The van der Waals surface area contributed by atoms with Crippen LogP contribution in [0.15, 0.2) is 36.4 Å². The fourth-order valence-electron chi connectivity index (χ4n) is 4.03. The first kappa shape index (κ1) is 21.8. The SMILES string of the molecule is CCC(NC(=O)/C=C/c1ccc(OC)c(OC)c1OC)c1ccc2c(c1)CCCC2. The highest BCUT2D eigenvalue weighted by molar-refractivity contribution is 5.92. The number of ether oxygens (including phenoxy) is 3. The quantitative estimate of drug-likeness (QED) is 0.632. The molecule has 1 aliphatic carbocycles. The van der Waals surface area contributed by atoms with Crippen molar-refractivity contribution < 1.29 is 19.0 Å². The van der Waals surface area contributed by atoms with Gasteiger partial charge in [0.25, 0.3) is 0 Å². The van der Waals surface area contributed by atoms with Crippen LogP contribution >= 0.6 is 0 Å². The summed E-state index contributed by atoms with van der Waals surface area (Å²) >= 11 is 0. The van der Waals surface area contributed by atoms with Gasteiger partial charge in [0.1, 0.15) is 0 Å². The van der Waals surface area contributed by atoms with E-state index in [1.54, 1.807) is 33.5 Å². The number of methoxy groups -OCH3 is 3. The van der Waals surface area contributed by atoms with E-state index in [4.69, 9.17) is 14.2 Å². The molecule has 1 unspecified atom stereocenters. The van der Waals surface area contributed by atoms with Gasteiger partial charge in [-0.15, -0.1) is 0 Å². The second-order valence-corrected chi connectivity index (χ2v) is 7.46. The van der Waals surface area contributed by atoms with Gasteiger partial charge in [-0.2, -0.15) is 0 Å². The minimum Gasteiger partial charge on any atom is -0.493 e. The van der Waals surface area contributed by atoms with E-state index in [1.165, 1.54) is 35.6 Å². The van der Waals surface area contributed by atoms with Gasteiger partial charge in [0.15, 0.2) is 11.5 Å². The molecule has 1 amide bonds. The second kappa shape index (κ2) is 10.2. The van der Waals surface area contributed by atoms with Crippen LogP contribution in [0.5, 0.6) is 17.2 Å². The van der Waals surface area contributed by atoms with Crippen molar-refractivity contribution in [2.45, 2.75) is 45.1 Å². The Morgan fingerprint density at radius 1 is 1.00 bits per heavy atom. The van der Waals surface area contributed by atoms with Gasteiger partial charge in [-0.05, 0) is 67.0 Å². The first-order valence-electron chi connectivity index (χ1n) is 10.5. The lowest BCUT2D eigenvalue weighted by Crippen LogP contribution is -2.26. The summed E-state index contributed by atoms with van der Waals surface area (Å²) in [7, 11) is 4.70. The maximum absolute atomic E-state index is 12.6. The molecule has 2 aromatic carbocycles. The summed E-state index contributed by atoms with van der Waals surface area (Å²) in [4.78, 5) is 12.6. The molecule has 5 heteroatoms. The molecule has 1 N–H and O–H groups in total.